The third-order valence-electron chi connectivity index (χ3n) is 5.83. The summed E-state index contributed by atoms with van der Waals surface area (Å²) in [5.74, 6) is -0.216. The molecule has 1 aliphatic rings. The Morgan fingerprint density at radius 3 is 2.67 bits per heavy atom. The molecule has 4 rings (SSSR count). The number of halogens is 1. The van der Waals surface area contributed by atoms with E-state index in [9.17, 15) is 13.2 Å². The van der Waals surface area contributed by atoms with Crippen LogP contribution in [0.15, 0.2) is 41.3 Å². The Hall–Kier alpha value is -2.35. The lowest BCUT2D eigenvalue weighted by atomic mass is 10.0. The number of carbonyl (C=O) groups excluding carboxylic acids is 1. The number of aromatic nitrogens is 1. The van der Waals surface area contributed by atoms with Crippen molar-refractivity contribution in [1.82, 2.24) is 14.2 Å². The number of likely N-dealkylation sites (N-methyl/N-ethyl adjacent to an activating group) is 1. The van der Waals surface area contributed by atoms with E-state index >= 15 is 0 Å². The summed E-state index contributed by atoms with van der Waals surface area (Å²) >= 11 is 6.15. The Bertz CT molecular complexity index is 1250. The molecule has 8 heteroatoms. The number of benzene rings is 2. The van der Waals surface area contributed by atoms with Crippen LogP contribution in [0.4, 0.5) is 0 Å². The van der Waals surface area contributed by atoms with Gasteiger partial charge >= 0.3 is 0 Å². The fourth-order valence-electron chi connectivity index (χ4n) is 3.83. The lowest BCUT2D eigenvalue weighted by Crippen LogP contribution is -2.43. The summed E-state index contributed by atoms with van der Waals surface area (Å²) in [7, 11) is -2.29. The maximum Gasteiger partial charge on any atom is 0.243 e. The van der Waals surface area contributed by atoms with Gasteiger partial charge in [-0.3, -0.25) is 4.79 Å². The third-order valence-corrected chi connectivity index (χ3v) is 7.87. The fraction of sp³-hybridized carbons (Fsp3) is 0.318. The number of amides is 1. The Morgan fingerprint density at radius 2 is 1.93 bits per heavy atom. The number of hydrogen-bond donors (Lipinski definition) is 1. The van der Waals surface area contributed by atoms with Gasteiger partial charge in [0.2, 0.25) is 15.9 Å². The van der Waals surface area contributed by atoms with Crippen LogP contribution in [0.1, 0.15) is 22.4 Å². The molecule has 2 heterocycles. The van der Waals surface area contributed by atoms with Crippen molar-refractivity contribution >= 4 is 38.4 Å². The van der Waals surface area contributed by atoms with Gasteiger partial charge in [-0.2, -0.15) is 4.31 Å². The van der Waals surface area contributed by atoms with E-state index in [-0.39, 0.29) is 17.3 Å². The number of hydrogen-bond acceptors (Lipinski definition) is 3. The van der Waals surface area contributed by atoms with Gasteiger partial charge in [-0.1, -0.05) is 17.7 Å². The van der Waals surface area contributed by atoms with Gasteiger partial charge in [-0.25, -0.2) is 8.42 Å². The van der Waals surface area contributed by atoms with Crippen LogP contribution in [0.2, 0.25) is 5.02 Å². The zero-order chi connectivity index (χ0) is 21.6. The van der Waals surface area contributed by atoms with Gasteiger partial charge in [0.1, 0.15) is 0 Å². The Morgan fingerprint density at radius 1 is 1.17 bits per heavy atom. The van der Waals surface area contributed by atoms with Crippen LogP contribution in [-0.4, -0.2) is 48.7 Å². The van der Waals surface area contributed by atoms with Crippen molar-refractivity contribution in [3.63, 3.8) is 0 Å². The maximum absolute atomic E-state index is 12.9. The molecule has 0 saturated carbocycles. The highest BCUT2D eigenvalue weighted by Crippen LogP contribution is 2.30. The van der Waals surface area contributed by atoms with Crippen LogP contribution in [0.3, 0.4) is 0 Å². The largest absolute Gasteiger partial charge is 0.358 e. The number of rotatable bonds is 4. The molecule has 0 fully saturated rings. The summed E-state index contributed by atoms with van der Waals surface area (Å²) in [5.41, 5.74) is 5.07. The molecule has 0 aliphatic carbocycles. The standard InChI is InChI=1S/C22H24ClN3O3S/c1-14-4-6-17(10-15(14)2)30(28,29)25(3)13-22(27)26-9-8-21-19(12-26)18-11-16(23)5-7-20(18)24-21/h4-7,10-11,24H,8-9,12-13H2,1-3H3. The van der Waals surface area contributed by atoms with E-state index in [1.807, 2.05) is 32.0 Å². The molecule has 0 radical (unpaired) electrons. The van der Waals surface area contributed by atoms with E-state index in [2.05, 4.69) is 4.98 Å². The normalized spacial score (nSPS) is 14.4. The number of sulfonamides is 1. The van der Waals surface area contributed by atoms with Crippen molar-refractivity contribution in [2.75, 3.05) is 20.1 Å². The summed E-state index contributed by atoms with van der Waals surface area (Å²) in [5, 5.41) is 1.65. The van der Waals surface area contributed by atoms with Crippen LogP contribution >= 0.6 is 11.6 Å². The van der Waals surface area contributed by atoms with E-state index in [0.29, 0.717) is 24.5 Å². The third kappa shape index (κ3) is 3.73. The highest BCUT2D eigenvalue weighted by molar-refractivity contribution is 7.89. The van der Waals surface area contributed by atoms with E-state index in [4.69, 9.17) is 11.6 Å². The Labute approximate surface area is 181 Å². The highest BCUT2D eigenvalue weighted by atomic mass is 35.5. The molecule has 6 nitrogen and oxygen atoms in total. The molecule has 1 aromatic heterocycles. The summed E-state index contributed by atoms with van der Waals surface area (Å²) in [6, 6.07) is 10.7. The molecule has 0 spiro atoms. The van der Waals surface area contributed by atoms with Crippen molar-refractivity contribution in [1.29, 1.82) is 0 Å². The molecular weight excluding hydrogens is 422 g/mol. The average Bonchev–Trinajstić information content (AvgIpc) is 3.06. The van der Waals surface area contributed by atoms with E-state index in [1.165, 1.54) is 7.05 Å². The second-order valence-electron chi connectivity index (χ2n) is 7.84. The monoisotopic (exact) mass is 445 g/mol. The predicted molar refractivity (Wildman–Crippen MR) is 118 cm³/mol. The first-order valence-electron chi connectivity index (χ1n) is 9.77. The molecule has 0 bridgehead atoms. The van der Waals surface area contributed by atoms with Crippen LogP contribution in [0, 0.1) is 13.8 Å². The smallest absolute Gasteiger partial charge is 0.243 e. The highest BCUT2D eigenvalue weighted by Gasteiger charge is 2.28. The van der Waals surface area contributed by atoms with Crippen LogP contribution in [-0.2, 0) is 27.8 Å². The van der Waals surface area contributed by atoms with Crippen LogP contribution in [0.25, 0.3) is 10.9 Å². The first-order valence-corrected chi connectivity index (χ1v) is 11.6. The van der Waals surface area contributed by atoms with Crippen molar-refractivity contribution < 1.29 is 13.2 Å². The predicted octanol–water partition coefficient (Wildman–Crippen LogP) is 3.64. The second-order valence-corrected chi connectivity index (χ2v) is 10.3. The fourth-order valence-corrected chi connectivity index (χ4v) is 5.21. The van der Waals surface area contributed by atoms with E-state index in [0.717, 1.165) is 37.6 Å². The second kappa shape index (κ2) is 7.72. The molecule has 30 heavy (non-hydrogen) atoms. The lowest BCUT2D eigenvalue weighted by Gasteiger charge is -2.29. The molecule has 0 unspecified atom stereocenters. The van der Waals surface area contributed by atoms with Gasteiger partial charge in [0.15, 0.2) is 0 Å². The quantitative estimate of drug-likeness (QED) is 0.666. The molecule has 1 amide bonds. The number of H-pyrrole nitrogens is 1. The number of aryl methyl sites for hydroxylation is 2. The SMILES string of the molecule is Cc1ccc(S(=O)(=O)N(C)CC(=O)N2CCc3[nH]c4ccc(Cl)cc4c3C2)cc1C. The number of carbonyl (C=O) groups is 1. The zero-order valence-electron chi connectivity index (χ0n) is 17.2. The van der Waals surface area contributed by atoms with Gasteiger partial charge in [0.25, 0.3) is 0 Å². The number of nitrogens with zero attached hydrogens (tertiary/aromatic N) is 2. The zero-order valence-corrected chi connectivity index (χ0v) is 18.8. The number of nitrogens with one attached hydrogen (secondary N) is 1. The Kier molecular flexibility index (Phi) is 5.38. The van der Waals surface area contributed by atoms with Gasteiger partial charge in [-0.05, 0) is 55.3 Å². The minimum Gasteiger partial charge on any atom is -0.358 e. The molecule has 1 N–H and O–H groups in total. The molecule has 0 atom stereocenters. The maximum atomic E-state index is 12.9. The van der Waals surface area contributed by atoms with Gasteiger partial charge < -0.3 is 9.88 Å². The molecule has 0 saturated heterocycles. The summed E-state index contributed by atoms with van der Waals surface area (Å²) in [4.78, 5) is 18.2. The minimum atomic E-state index is -3.74. The van der Waals surface area contributed by atoms with Gasteiger partial charge in [0, 0.05) is 53.7 Å². The van der Waals surface area contributed by atoms with Gasteiger partial charge in [-0.15, -0.1) is 0 Å². The first kappa shape index (κ1) is 20.9. The summed E-state index contributed by atoms with van der Waals surface area (Å²) in [6.07, 6.45) is 0.695. The molecule has 158 valence electrons. The van der Waals surface area contributed by atoms with Gasteiger partial charge in [0.05, 0.1) is 11.4 Å². The summed E-state index contributed by atoms with van der Waals surface area (Å²) in [6.45, 7) is 4.59. The van der Waals surface area contributed by atoms with Crippen LogP contribution in [0.5, 0.6) is 0 Å². The average molecular weight is 446 g/mol. The number of fused-ring (bicyclic) bond motifs is 3. The van der Waals surface area contributed by atoms with E-state index in [1.54, 1.807) is 23.1 Å². The molecule has 3 aromatic rings. The minimum absolute atomic E-state index is 0.201. The Balaban J connectivity index is 1.52. The van der Waals surface area contributed by atoms with Crippen molar-refractivity contribution in [2.24, 2.45) is 0 Å². The topological polar surface area (TPSA) is 73.5 Å². The van der Waals surface area contributed by atoms with Crippen molar-refractivity contribution in [3.8, 4) is 0 Å². The van der Waals surface area contributed by atoms with Crippen molar-refractivity contribution in [2.45, 2.75) is 31.7 Å². The first-order chi connectivity index (χ1) is 14.2. The molecule has 1 aliphatic heterocycles. The lowest BCUT2D eigenvalue weighted by molar-refractivity contribution is -0.132. The number of aromatic amines is 1. The molecule has 2 aromatic carbocycles. The molecular formula is C22H24ClN3O3S. The van der Waals surface area contributed by atoms with Crippen molar-refractivity contribution in [3.05, 3.63) is 63.8 Å². The summed E-state index contributed by atoms with van der Waals surface area (Å²) < 4.78 is 27.0. The van der Waals surface area contributed by atoms with E-state index < -0.39 is 10.0 Å². The van der Waals surface area contributed by atoms with Crippen LogP contribution < -0.4 is 0 Å².